The summed E-state index contributed by atoms with van der Waals surface area (Å²) < 4.78 is 22.5. The number of fused-ring (bicyclic) bond motifs is 1. The number of rotatable bonds is 11. The number of aliphatic hydroxyl groups is 1. The van der Waals surface area contributed by atoms with Gasteiger partial charge in [0.1, 0.15) is 24.2 Å². The van der Waals surface area contributed by atoms with E-state index in [-0.39, 0.29) is 24.0 Å². The highest BCUT2D eigenvalue weighted by Gasteiger charge is 2.46. The van der Waals surface area contributed by atoms with Gasteiger partial charge in [-0.3, -0.25) is 9.59 Å². The molecule has 2 atom stereocenters. The van der Waals surface area contributed by atoms with Crippen molar-refractivity contribution in [3.8, 4) is 17.2 Å². The van der Waals surface area contributed by atoms with Crippen LogP contribution in [0.15, 0.2) is 54.6 Å². The minimum atomic E-state index is -0.798. The molecule has 2 aromatic carbocycles. The maximum Gasteiger partial charge on any atom is 0.295 e. The molecule has 1 N–H and O–H groups in total. The summed E-state index contributed by atoms with van der Waals surface area (Å²) in [4.78, 5) is 28.0. The first kappa shape index (κ1) is 26.3. The highest BCUT2D eigenvalue weighted by atomic mass is 16.5. The van der Waals surface area contributed by atoms with Crippen molar-refractivity contribution in [1.82, 2.24) is 4.90 Å². The first-order valence-corrected chi connectivity index (χ1v) is 12.5. The molecule has 0 aliphatic carbocycles. The van der Waals surface area contributed by atoms with Gasteiger partial charge in [0, 0.05) is 32.2 Å². The van der Waals surface area contributed by atoms with Gasteiger partial charge in [-0.1, -0.05) is 18.7 Å². The van der Waals surface area contributed by atoms with Crippen LogP contribution in [0.4, 0.5) is 0 Å². The molecule has 8 heteroatoms. The fourth-order valence-electron chi connectivity index (χ4n) is 4.79. The summed E-state index contributed by atoms with van der Waals surface area (Å²) >= 11 is 0. The van der Waals surface area contributed by atoms with Crippen molar-refractivity contribution in [1.29, 1.82) is 0 Å². The Labute approximate surface area is 217 Å². The SMILES string of the molecule is C=CCOc1ccc([C@@H]2/C(=C(\O)c3ccc4c(c3)C[C@H](C)O4)C(=O)C(=O)N2CCCOC)cc1OCC. The lowest BCUT2D eigenvalue weighted by Gasteiger charge is -2.26. The summed E-state index contributed by atoms with van der Waals surface area (Å²) in [5.41, 5.74) is 2.08. The van der Waals surface area contributed by atoms with E-state index in [0.717, 1.165) is 11.3 Å². The average molecular weight is 508 g/mol. The summed E-state index contributed by atoms with van der Waals surface area (Å²) in [7, 11) is 1.58. The number of methoxy groups -OCH3 is 1. The Kier molecular flexibility index (Phi) is 8.18. The van der Waals surface area contributed by atoms with Crippen LogP contribution in [0.3, 0.4) is 0 Å². The Morgan fingerprint density at radius 2 is 2.00 bits per heavy atom. The van der Waals surface area contributed by atoms with E-state index in [1.165, 1.54) is 4.90 Å². The van der Waals surface area contributed by atoms with Crippen LogP contribution in [-0.4, -0.2) is 61.3 Å². The van der Waals surface area contributed by atoms with Crippen molar-refractivity contribution < 1.29 is 33.6 Å². The van der Waals surface area contributed by atoms with Gasteiger partial charge >= 0.3 is 0 Å². The van der Waals surface area contributed by atoms with Crippen LogP contribution < -0.4 is 14.2 Å². The highest BCUT2D eigenvalue weighted by Crippen LogP contribution is 2.43. The van der Waals surface area contributed by atoms with Crippen LogP contribution in [0.2, 0.25) is 0 Å². The molecule has 4 rings (SSSR count). The van der Waals surface area contributed by atoms with Gasteiger partial charge in [-0.15, -0.1) is 0 Å². The number of nitrogens with zero attached hydrogens (tertiary/aromatic N) is 1. The van der Waals surface area contributed by atoms with Gasteiger partial charge in [-0.2, -0.15) is 0 Å². The number of hydrogen-bond donors (Lipinski definition) is 1. The van der Waals surface area contributed by atoms with E-state index in [4.69, 9.17) is 18.9 Å². The first-order valence-electron chi connectivity index (χ1n) is 12.5. The van der Waals surface area contributed by atoms with Gasteiger partial charge in [0.2, 0.25) is 0 Å². The number of amides is 1. The molecule has 0 saturated carbocycles. The van der Waals surface area contributed by atoms with Crippen molar-refractivity contribution in [2.45, 2.75) is 38.8 Å². The normalized spacial score (nSPS) is 20.0. The van der Waals surface area contributed by atoms with E-state index in [9.17, 15) is 14.7 Å². The fourth-order valence-corrected chi connectivity index (χ4v) is 4.79. The second-order valence-electron chi connectivity index (χ2n) is 9.03. The molecule has 0 spiro atoms. The number of ketones is 1. The minimum Gasteiger partial charge on any atom is -0.507 e. The Balaban J connectivity index is 1.81. The van der Waals surface area contributed by atoms with Crippen LogP contribution in [0, 0.1) is 0 Å². The summed E-state index contributed by atoms with van der Waals surface area (Å²) in [6, 6.07) is 9.80. The molecule has 2 heterocycles. The Hall–Kier alpha value is -3.78. The summed E-state index contributed by atoms with van der Waals surface area (Å²) in [6.45, 7) is 8.93. The van der Waals surface area contributed by atoms with Gasteiger partial charge in [0.15, 0.2) is 11.5 Å². The van der Waals surface area contributed by atoms with Crippen molar-refractivity contribution in [3.05, 3.63) is 71.3 Å². The van der Waals surface area contributed by atoms with Gasteiger partial charge in [-0.25, -0.2) is 0 Å². The standard InChI is InChI=1S/C29H33NO7/c1-5-13-36-23-11-8-19(17-24(23)35-6-2)26-25(28(32)29(33)30(26)12-7-14-34-4)27(31)20-9-10-22-21(16-20)15-18(3)37-22/h5,8-11,16-18,26,31H,1,6-7,12-15H2,2-4H3/b27-25+/t18-,26+/m0/s1. The zero-order valence-corrected chi connectivity index (χ0v) is 21.5. The predicted octanol–water partition coefficient (Wildman–Crippen LogP) is 4.43. The van der Waals surface area contributed by atoms with Crippen molar-refractivity contribution in [3.63, 3.8) is 0 Å². The van der Waals surface area contributed by atoms with E-state index in [1.54, 1.807) is 43.5 Å². The monoisotopic (exact) mass is 507 g/mol. The number of carbonyl (C=O) groups is 2. The third-order valence-electron chi connectivity index (χ3n) is 6.40. The molecule has 1 amide bonds. The van der Waals surface area contributed by atoms with Crippen LogP contribution >= 0.6 is 0 Å². The molecule has 37 heavy (non-hydrogen) atoms. The van der Waals surface area contributed by atoms with Crippen LogP contribution in [-0.2, 0) is 20.7 Å². The van der Waals surface area contributed by atoms with E-state index in [2.05, 4.69) is 6.58 Å². The molecule has 0 radical (unpaired) electrons. The molecular formula is C29H33NO7. The molecule has 2 aromatic rings. The third-order valence-corrected chi connectivity index (χ3v) is 6.40. The minimum absolute atomic E-state index is 0.0385. The van der Waals surface area contributed by atoms with E-state index >= 15 is 0 Å². The molecule has 0 unspecified atom stereocenters. The van der Waals surface area contributed by atoms with Crippen molar-refractivity contribution in [2.24, 2.45) is 0 Å². The van der Waals surface area contributed by atoms with Gasteiger partial charge in [0.25, 0.3) is 11.7 Å². The summed E-state index contributed by atoms with van der Waals surface area (Å²) in [6.07, 6.45) is 2.91. The lowest BCUT2D eigenvalue weighted by Crippen LogP contribution is -2.31. The molecular weight excluding hydrogens is 474 g/mol. The summed E-state index contributed by atoms with van der Waals surface area (Å²) in [5.74, 6) is 0.158. The highest BCUT2D eigenvalue weighted by molar-refractivity contribution is 6.46. The average Bonchev–Trinajstić information content (AvgIpc) is 3.38. The van der Waals surface area contributed by atoms with E-state index < -0.39 is 17.7 Å². The predicted molar refractivity (Wildman–Crippen MR) is 139 cm³/mol. The smallest absolute Gasteiger partial charge is 0.295 e. The van der Waals surface area contributed by atoms with Crippen LogP contribution in [0.1, 0.15) is 43.0 Å². The number of benzene rings is 2. The second kappa shape index (κ2) is 11.5. The molecule has 196 valence electrons. The number of ether oxygens (including phenoxy) is 4. The topological polar surface area (TPSA) is 94.5 Å². The molecule has 0 aromatic heterocycles. The molecule has 2 aliphatic heterocycles. The van der Waals surface area contributed by atoms with Gasteiger partial charge < -0.3 is 29.0 Å². The Morgan fingerprint density at radius 1 is 1.19 bits per heavy atom. The van der Waals surface area contributed by atoms with Gasteiger partial charge in [-0.05, 0) is 61.7 Å². The molecule has 1 fully saturated rings. The zero-order valence-electron chi connectivity index (χ0n) is 21.5. The number of hydrogen-bond acceptors (Lipinski definition) is 7. The first-order chi connectivity index (χ1) is 17.9. The number of likely N-dealkylation sites (tertiary alicyclic amines) is 1. The maximum atomic E-state index is 13.3. The maximum absolute atomic E-state index is 13.3. The lowest BCUT2D eigenvalue weighted by molar-refractivity contribution is -0.140. The zero-order chi connectivity index (χ0) is 26.5. The number of aliphatic hydroxyl groups excluding tert-OH is 1. The number of Topliss-reactive ketones (excluding diaryl/α,β-unsaturated/α-hetero) is 1. The largest absolute Gasteiger partial charge is 0.507 e. The molecule has 2 aliphatic rings. The molecule has 1 saturated heterocycles. The van der Waals surface area contributed by atoms with E-state index in [0.29, 0.717) is 55.3 Å². The molecule has 8 nitrogen and oxygen atoms in total. The lowest BCUT2D eigenvalue weighted by atomic mass is 9.94. The number of carbonyl (C=O) groups excluding carboxylic acids is 2. The van der Waals surface area contributed by atoms with Crippen LogP contribution in [0.25, 0.3) is 5.76 Å². The van der Waals surface area contributed by atoms with E-state index in [1.807, 2.05) is 19.9 Å². The van der Waals surface area contributed by atoms with Crippen molar-refractivity contribution in [2.75, 3.05) is 33.5 Å². The Morgan fingerprint density at radius 3 is 2.73 bits per heavy atom. The summed E-state index contributed by atoms with van der Waals surface area (Å²) in [5, 5.41) is 11.4. The Bertz CT molecular complexity index is 1220. The molecule has 0 bridgehead atoms. The van der Waals surface area contributed by atoms with Gasteiger partial charge in [0.05, 0.1) is 18.2 Å². The fraction of sp³-hybridized carbons (Fsp3) is 0.379. The van der Waals surface area contributed by atoms with Crippen LogP contribution in [0.5, 0.6) is 17.2 Å². The van der Waals surface area contributed by atoms with Crippen molar-refractivity contribution >= 4 is 17.4 Å². The quantitative estimate of drug-likeness (QED) is 0.158. The third kappa shape index (κ3) is 5.34. The second-order valence-corrected chi connectivity index (χ2v) is 9.03.